The molecule has 7 nitrogen and oxygen atoms in total. The van der Waals surface area contributed by atoms with E-state index in [0.717, 1.165) is 5.52 Å². The summed E-state index contributed by atoms with van der Waals surface area (Å²) in [6, 6.07) is 7.69. The Balaban J connectivity index is 1.65. The molecular formula is C17H21N3O4. The van der Waals surface area contributed by atoms with E-state index in [1.807, 2.05) is 41.1 Å². The van der Waals surface area contributed by atoms with Crippen LogP contribution in [0.25, 0.3) is 5.52 Å². The highest BCUT2D eigenvalue weighted by Gasteiger charge is 2.26. The first-order chi connectivity index (χ1) is 11.5. The van der Waals surface area contributed by atoms with Crippen LogP contribution in [0.4, 0.5) is 0 Å². The number of carbonyl (C=O) groups excluding carboxylic acids is 1. The van der Waals surface area contributed by atoms with Crippen molar-refractivity contribution in [1.82, 2.24) is 14.2 Å². The predicted molar refractivity (Wildman–Crippen MR) is 88.2 cm³/mol. The molecule has 1 saturated heterocycles. The molecule has 1 atom stereocenters. The molecule has 1 fully saturated rings. The van der Waals surface area contributed by atoms with Crippen molar-refractivity contribution in [2.24, 2.45) is 0 Å². The molecule has 7 heteroatoms. The number of aromatic nitrogens is 1. The standard InChI is InChI=1S/C17H21N3O4/c1-18(12-16(21)22)10-15-11-20(6-7-24-15)17(23)13-8-14-4-2-3-5-19(14)9-13/h2-5,8-9,15H,6-7,10-12H2,1H3,(H,21,22). The fourth-order valence-corrected chi connectivity index (χ4v) is 3.01. The fourth-order valence-electron chi connectivity index (χ4n) is 3.01. The molecule has 24 heavy (non-hydrogen) atoms. The number of aliphatic carboxylic acids is 1. The van der Waals surface area contributed by atoms with E-state index in [4.69, 9.17) is 9.84 Å². The molecule has 0 aromatic carbocycles. The summed E-state index contributed by atoms with van der Waals surface area (Å²) in [5.41, 5.74) is 1.63. The van der Waals surface area contributed by atoms with E-state index >= 15 is 0 Å². The maximum absolute atomic E-state index is 12.7. The van der Waals surface area contributed by atoms with Gasteiger partial charge in [-0.15, -0.1) is 0 Å². The Kier molecular flexibility index (Phi) is 4.82. The number of hydrogen-bond donors (Lipinski definition) is 1. The summed E-state index contributed by atoms with van der Waals surface area (Å²) in [5.74, 6) is -0.894. The molecule has 2 aromatic rings. The minimum atomic E-state index is -0.873. The number of morpholine rings is 1. The predicted octanol–water partition coefficient (Wildman–Crippen LogP) is 0.797. The van der Waals surface area contributed by atoms with Gasteiger partial charge in [0.2, 0.25) is 0 Å². The number of carboxylic acids is 1. The van der Waals surface area contributed by atoms with Crippen molar-refractivity contribution in [2.45, 2.75) is 6.10 Å². The monoisotopic (exact) mass is 331 g/mol. The van der Waals surface area contributed by atoms with E-state index < -0.39 is 5.97 Å². The number of pyridine rings is 1. The van der Waals surface area contributed by atoms with Gasteiger partial charge in [0.15, 0.2) is 0 Å². The van der Waals surface area contributed by atoms with Crippen LogP contribution in [0.3, 0.4) is 0 Å². The van der Waals surface area contributed by atoms with Gasteiger partial charge in [-0.2, -0.15) is 0 Å². The number of ether oxygens (including phenoxy) is 1. The molecule has 0 aliphatic carbocycles. The zero-order chi connectivity index (χ0) is 17.1. The number of rotatable bonds is 5. The summed E-state index contributed by atoms with van der Waals surface area (Å²) >= 11 is 0. The van der Waals surface area contributed by atoms with Crippen molar-refractivity contribution >= 4 is 17.4 Å². The average molecular weight is 331 g/mol. The summed E-state index contributed by atoms with van der Waals surface area (Å²) in [5, 5.41) is 8.82. The van der Waals surface area contributed by atoms with Crippen LogP contribution in [0.5, 0.6) is 0 Å². The van der Waals surface area contributed by atoms with Crippen molar-refractivity contribution in [2.75, 3.05) is 39.8 Å². The van der Waals surface area contributed by atoms with E-state index in [1.165, 1.54) is 0 Å². The first-order valence-electron chi connectivity index (χ1n) is 7.91. The summed E-state index contributed by atoms with van der Waals surface area (Å²) in [6.45, 7) is 1.91. The minimum Gasteiger partial charge on any atom is -0.480 e. The highest BCUT2D eigenvalue weighted by atomic mass is 16.5. The molecule has 1 amide bonds. The summed E-state index contributed by atoms with van der Waals surface area (Å²) in [7, 11) is 1.73. The van der Waals surface area contributed by atoms with Gasteiger partial charge in [0, 0.05) is 37.5 Å². The lowest BCUT2D eigenvalue weighted by Gasteiger charge is -2.34. The maximum Gasteiger partial charge on any atom is 0.317 e. The smallest absolute Gasteiger partial charge is 0.317 e. The third-order valence-electron chi connectivity index (χ3n) is 4.10. The molecule has 3 heterocycles. The largest absolute Gasteiger partial charge is 0.480 e. The molecular weight excluding hydrogens is 310 g/mol. The summed E-state index contributed by atoms with van der Waals surface area (Å²) in [6.07, 6.45) is 3.57. The highest BCUT2D eigenvalue weighted by Crippen LogP contribution is 2.15. The van der Waals surface area contributed by atoms with Crippen molar-refractivity contribution in [3.05, 3.63) is 42.2 Å². The molecule has 2 aromatic heterocycles. The van der Waals surface area contributed by atoms with Crippen LogP contribution in [0.1, 0.15) is 10.4 Å². The molecule has 1 N–H and O–H groups in total. The van der Waals surface area contributed by atoms with Gasteiger partial charge in [0.05, 0.1) is 24.8 Å². The SMILES string of the molecule is CN(CC(=O)O)CC1CN(C(=O)c2cc3ccccn3c2)CCO1. The number of carbonyl (C=O) groups is 2. The van der Waals surface area contributed by atoms with Gasteiger partial charge >= 0.3 is 5.97 Å². The van der Waals surface area contributed by atoms with Crippen molar-refractivity contribution in [1.29, 1.82) is 0 Å². The lowest BCUT2D eigenvalue weighted by Crippen LogP contribution is -2.49. The van der Waals surface area contributed by atoms with Crippen molar-refractivity contribution in [3.63, 3.8) is 0 Å². The second-order valence-corrected chi connectivity index (χ2v) is 6.10. The van der Waals surface area contributed by atoms with E-state index in [1.54, 1.807) is 16.8 Å². The van der Waals surface area contributed by atoms with Gasteiger partial charge in [0.1, 0.15) is 0 Å². The minimum absolute atomic E-state index is 0.0205. The van der Waals surface area contributed by atoms with Crippen molar-refractivity contribution in [3.8, 4) is 0 Å². The molecule has 128 valence electrons. The third kappa shape index (κ3) is 3.74. The van der Waals surface area contributed by atoms with Crippen LogP contribution in [0, 0.1) is 0 Å². The maximum atomic E-state index is 12.7. The molecule has 3 rings (SSSR count). The van der Waals surface area contributed by atoms with Gasteiger partial charge in [-0.3, -0.25) is 14.5 Å². The second kappa shape index (κ2) is 7.02. The van der Waals surface area contributed by atoms with Gasteiger partial charge in [-0.05, 0) is 25.2 Å². The number of hydrogen-bond acceptors (Lipinski definition) is 4. The Labute approximate surface area is 140 Å². The van der Waals surface area contributed by atoms with E-state index in [-0.39, 0.29) is 18.6 Å². The van der Waals surface area contributed by atoms with Crippen LogP contribution < -0.4 is 0 Å². The number of amides is 1. The first-order valence-corrected chi connectivity index (χ1v) is 7.91. The molecule has 0 spiro atoms. The van der Waals surface area contributed by atoms with Gasteiger partial charge in [-0.1, -0.05) is 6.07 Å². The van der Waals surface area contributed by atoms with E-state index in [0.29, 0.717) is 31.8 Å². The summed E-state index contributed by atoms with van der Waals surface area (Å²) in [4.78, 5) is 26.9. The molecule has 0 saturated carbocycles. The van der Waals surface area contributed by atoms with Crippen molar-refractivity contribution < 1.29 is 19.4 Å². The lowest BCUT2D eigenvalue weighted by atomic mass is 10.2. The van der Waals surface area contributed by atoms with Crippen LogP contribution in [-0.4, -0.2) is 77.1 Å². The first kappa shape index (κ1) is 16.5. The Morgan fingerprint density at radius 3 is 3.00 bits per heavy atom. The Hall–Kier alpha value is -2.38. The Morgan fingerprint density at radius 1 is 1.42 bits per heavy atom. The lowest BCUT2D eigenvalue weighted by molar-refractivity contribution is -0.138. The quantitative estimate of drug-likeness (QED) is 0.877. The van der Waals surface area contributed by atoms with E-state index in [2.05, 4.69) is 0 Å². The number of likely N-dealkylation sites (N-methyl/N-ethyl adjacent to an activating group) is 1. The normalized spacial score (nSPS) is 18.2. The molecule has 1 aliphatic heterocycles. The van der Waals surface area contributed by atoms with Gasteiger partial charge in [0.25, 0.3) is 5.91 Å². The molecule has 0 radical (unpaired) electrons. The second-order valence-electron chi connectivity index (χ2n) is 6.10. The zero-order valence-corrected chi connectivity index (χ0v) is 13.6. The zero-order valence-electron chi connectivity index (χ0n) is 13.6. The highest BCUT2D eigenvalue weighted by molar-refractivity contribution is 5.95. The van der Waals surface area contributed by atoms with Crippen LogP contribution >= 0.6 is 0 Å². The molecule has 0 bridgehead atoms. The number of fused-ring (bicyclic) bond motifs is 1. The van der Waals surface area contributed by atoms with Crippen LogP contribution in [-0.2, 0) is 9.53 Å². The number of carboxylic acid groups (broad SMARTS) is 1. The fraction of sp³-hybridized carbons (Fsp3) is 0.412. The third-order valence-corrected chi connectivity index (χ3v) is 4.10. The Morgan fingerprint density at radius 2 is 2.25 bits per heavy atom. The van der Waals surface area contributed by atoms with Crippen LogP contribution in [0.15, 0.2) is 36.7 Å². The average Bonchev–Trinajstić information content (AvgIpc) is 2.97. The molecule has 1 aliphatic rings. The van der Waals surface area contributed by atoms with Crippen LogP contribution in [0.2, 0.25) is 0 Å². The van der Waals surface area contributed by atoms with E-state index in [9.17, 15) is 9.59 Å². The van der Waals surface area contributed by atoms with Gasteiger partial charge in [-0.25, -0.2) is 0 Å². The Bertz CT molecular complexity index is 709. The topological polar surface area (TPSA) is 74.5 Å². The number of nitrogens with zero attached hydrogens (tertiary/aromatic N) is 3. The van der Waals surface area contributed by atoms with Gasteiger partial charge < -0.3 is 19.1 Å². The molecule has 1 unspecified atom stereocenters. The summed E-state index contributed by atoms with van der Waals surface area (Å²) < 4.78 is 7.59.